The van der Waals surface area contributed by atoms with Crippen molar-refractivity contribution in [1.29, 1.82) is 0 Å². The minimum Gasteiger partial charge on any atom is -0.481 e. The summed E-state index contributed by atoms with van der Waals surface area (Å²) < 4.78 is 1.50. The van der Waals surface area contributed by atoms with Crippen LogP contribution in [0.25, 0.3) is 5.69 Å². The van der Waals surface area contributed by atoms with Crippen molar-refractivity contribution in [2.45, 2.75) is 6.42 Å². The summed E-state index contributed by atoms with van der Waals surface area (Å²) in [4.78, 5) is 22.0. The predicted molar refractivity (Wildman–Crippen MR) is 69.5 cm³/mol. The van der Waals surface area contributed by atoms with Crippen molar-refractivity contribution in [2.75, 3.05) is 5.32 Å². The van der Waals surface area contributed by atoms with Crippen LogP contribution in [0.3, 0.4) is 0 Å². The van der Waals surface area contributed by atoms with Crippen LogP contribution in [0.5, 0.6) is 0 Å². The normalized spacial score (nSPS) is 10.2. The van der Waals surface area contributed by atoms with E-state index in [0.717, 1.165) is 0 Å². The highest BCUT2D eigenvalue weighted by molar-refractivity contribution is 6.33. The number of nitrogens with one attached hydrogen (secondary N) is 1. The second-order valence-corrected chi connectivity index (χ2v) is 4.11. The van der Waals surface area contributed by atoms with Gasteiger partial charge in [-0.1, -0.05) is 17.7 Å². The molecule has 19 heavy (non-hydrogen) atoms. The van der Waals surface area contributed by atoms with E-state index in [1.54, 1.807) is 36.7 Å². The Hall–Kier alpha value is -2.34. The predicted octanol–water partition coefficient (Wildman–Crippen LogP) is 1.94. The van der Waals surface area contributed by atoms with Crippen LogP contribution < -0.4 is 5.32 Å². The van der Waals surface area contributed by atoms with Crippen molar-refractivity contribution >= 4 is 29.2 Å². The number of nitrogens with zero attached hydrogens (tertiary/aromatic N) is 2. The Morgan fingerprint density at radius 2 is 2.16 bits per heavy atom. The Morgan fingerprint density at radius 1 is 1.37 bits per heavy atom. The average molecular weight is 280 g/mol. The van der Waals surface area contributed by atoms with Crippen molar-refractivity contribution in [3.8, 4) is 5.69 Å². The lowest BCUT2D eigenvalue weighted by atomic mass is 10.2. The number of hydrogen-bond acceptors (Lipinski definition) is 3. The Kier molecular flexibility index (Phi) is 3.82. The van der Waals surface area contributed by atoms with Gasteiger partial charge in [0.1, 0.15) is 12.1 Å². The zero-order chi connectivity index (χ0) is 13.8. The largest absolute Gasteiger partial charge is 0.481 e. The van der Waals surface area contributed by atoms with E-state index in [-0.39, 0.29) is 0 Å². The van der Waals surface area contributed by atoms with Gasteiger partial charge in [-0.2, -0.15) is 5.10 Å². The van der Waals surface area contributed by atoms with Crippen molar-refractivity contribution in [3.63, 3.8) is 0 Å². The first-order chi connectivity index (χ1) is 9.08. The number of aromatic nitrogens is 2. The summed E-state index contributed by atoms with van der Waals surface area (Å²) in [5.41, 5.74) is 0.898. The number of aliphatic carboxylic acids is 1. The summed E-state index contributed by atoms with van der Waals surface area (Å²) in [5.74, 6) is -1.82. The number of hydrogen-bond donors (Lipinski definition) is 2. The fraction of sp³-hybridized carbons (Fsp3) is 0.0833. The summed E-state index contributed by atoms with van der Waals surface area (Å²) >= 11 is 6.08. The van der Waals surface area contributed by atoms with Gasteiger partial charge in [-0.3, -0.25) is 9.59 Å². The molecule has 0 radical (unpaired) electrons. The zero-order valence-electron chi connectivity index (χ0n) is 9.71. The lowest BCUT2D eigenvalue weighted by molar-refractivity contribution is -0.139. The van der Waals surface area contributed by atoms with Gasteiger partial charge in [-0.15, -0.1) is 0 Å². The van der Waals surface area contributed by atoms with E-state index in [2.05, 4.69) is 10.4 Å². The summed E-state index contributed by atoms with van der Waals surface area (Å²) in [6, 6.07) is 6.66. The van der Waals surface area contributed by atoms with Gasteiger partial charge >= 0.3 is 5.97 Å². The minimum atomic E-state index is -1.19. The highest BCUT2D eigenvalue weighted by Crippen LogP contribution is 2.27. The fourth-order valence-electron chi connectivity index (χ4n) is 1.58. The molecule has 2 rings (SSSR count). The second kappa shape index (κ2) is 5.53. The molecule has 1 amide bonds. The fourth-order valence-corrected chi connectivity index (χ4v) is 1.84. The van der Waals surface area contributed by atoms with Gasteiger partial charge < -0.3 is 10.4 Å². The zero-order valence-corrected chi connectivity index (χ0v) is 10.5. The Labute approximate surface area is 113 Å². The molecule has 0 atom stereocenters. The van der Waals surface area contributed by atoms with E-state index in [9.17, 15) is 9.59 Å². The molecule has 0 aliphatic rings. The SMILES string of the molecule is O=C(O)CC(=O)Nc1cccc(Cl)c1-n1cccn1. The summed E-state index contributed by atoms with van der Waals surface area (Å²) in [6.07, 6.45) is 2.64. The number of anilines is 1. The number of benzene rings is 1. The van der Waals surface area contributed by atoms with E-state index >= 15 is 0 Å². The van der Waals surface area contributed by atoms with Crippen LogP contribution in [-0.4, -0.2) is 26.8 Å². The maximum atomic E-state index is 11.5. The van der Waals surface area contributed by atoms with E-state index < -0.39 is 18.3 Å². The number of para-hydroxylation sites is 1. The molecule has 2 aromatic rings. The molecule has 0 fully saturated rings. The average Bonchev–Trinajstić information content (AvgIpc) is 2.81. The molecule has 0 saturated carbocycles. The van der Waals surface area contributed by atoms with Crippen LogP contribution in [0, 0.1) is 0 Å². The molecule has 0 spiro atoms. The maximum absolute atomic E-state index is 11.5. The molecule has 2 N–H and O–H groups in total. The highest BCUT2D eigenvalue weighted by atomic mass is 35.5. The molecule has 0 saturated heterocycles. The highest BCUT2D eigenvalue weighted by Gasteiger charge is 2.13. The molecule has 0 unspecified atom stereocenters. The van der Waals surface area contributed by atoms with E-state index in [4.69, 9.17) is 16.7 Å². The van der Waals surface area contributed by atoms with Crippen LogP contribution >= 0.6 is 11.6 Å². The van der Waals surface area contributed by atoms with Gasteiger partial charge in [0.15, 0.2) is 0 Å². The number of rotatable bonds is 4. The minimum absolute atomic E-state index is 0.400. The van der Waals surface area contributed by atoms with Gasteiger partial charge in [0.25, 0.3) is 0 Å². The topological polar surface area (TPSA) is 84.2 Å². The van der Waals surface area contributed by atoms with E-state index in [1.807, 2.05) is 0 Å². The molecular formula is C12H10ClN3O3. The van der Waals surface area contributed by atoms with E-state index in [0.29, 0.717) is 16.4 Å². The first-order valence-corrected chi connectivity index (χ1v) is 5.76. The molecule has 1 heterocycles. The van der Waals surface area contributed by atoms with Crippen LogP contribution in [0.2, 0.25) is 5.02 Å². The van der Waals surface area contributed by atoms with Gasteiger partial charge in [0.05, 0.1) is 10.7 Å². The summed E-state index contributed by atoms with van der Waals surface area (Å²) in [5, 5.41) is 15.5. The monoisotopic (exact) mass is 279 g/mol. The molecular weight excluding hydrogens is 270 g/mol. The molecule has 1 aromatic heterocycles. The van der Waals surface area contributed by atoms with Crippen LogP contribution in [0.15, 0.2) is 36.7 Å². The lowest BCUT2D eigenvalue weighted by Gasteiger charge is -2.12. The molecule has 1 aromatic carbocycles. The molecule has 0 aliphatic heterocycles. The third-order valence-corrected chi connectivity index (χ3v) is 2.61. The van der Waals surface area contributed by atoms with Crippen LogP contribution in [-0.2, 0) is 9.59 Å². The number of carbonyl (C=O) groups excluding carboxylic acids is 1. The number of amides is 1. The van der Waals surface area contributed by atoms with Crippen molar-refractivity contribution in [3.05, 3.63) is 41.7 Å². The summed E-state index contributed by atoms with van der Waals surface area (Å²) in [7, 11) is 0. The van der Waals surface area contributed by atoms with Gasteiger partial charge in [0, 0.05) is 12.4 Å². The van der Waals surface area contributed by atoms with Gasteiger partial charge in [-0.25, -0.2) is 4.68 Å². The Bertz CT molecular complexity index is 611. The first kappa shape index (κ1) is 13.1. The molecule has 6 nitrogen and oxygen atoms in total. The third kappa shape index (κ3) is 3.11. The van der Waals surface area contributed by atoms with Gasteiger partial charge in [-0.05, 0) is 18.2 Å². The second-order valence-electron chi connectivity index (χ2n) is 3.71. The number of halogens is 1. The molecule has 7 heteroatoms. The molecule has 98 valence electrons. The summed E-state index contributed by atoms with van der Waals surface area (Å²) in [6.45, 7) is 0. The van der Waals surface area contributed by atoms with Gasteiger partial charge in [0.2, 0.25) is 5.91 Å². The molecule has 0 bridgehead atoms. The third-order valence-electron chi connectivity index (χ3n) is 2.31. The van der Waals surface area contributed by atoms with Crippen molar-refractivity contribution in [2.24, 2.45) is 0 Å². The standard InChI is InChI=1S/C12H10ClN3O3/c13-8-3-1-4-9(15-10(17)7-11(18)19)12(8)16-6-2-5-14-16/h1-6H,7H2,(H,15,17)(H,18,19). The quantitative estimate of drug-likeness (QED) is 0.838. The van der Waals surface area contributed by atoms with E-state index in [1.165, 1.54) is 4.68 Å². The van der Waals surface area contributed by atoms with Crippen molar-refractivity contribution < 1.29 is 14.7 Å². The maximum Gasteiger partial charge on any atom is 0.312 e. The Morgan fingerprint density at radius 3 is 2.79 bits per heavy atom. The van der Waals surface area contributed by atoms with Crippen molar-refractivity contribution in [1.82, 2.24) is 9.78 Å². The molecule has 0 aliphatic carbocycles. The first-order valence-electron chi connectivity index (χ1n) is 5.38. The van der Waals surface area contributed by atoms with Crippen LogP contribution in [0.1, 0.15) is 6.42 Å². The number of carboxylic acids is 1. The Balaban J connectivity index is 2.33. The van der Waals surface area contributed by atoms with Crippen LogP contribution in [0.4, 0.5) is 5.69 Å². The number of carboxylic acid groups (broad SMARTS) is 1. The smallest absolute Gasteiger partial charge is 0.312 e. The number of carbonyl (C=O) groups is 2. The lowest BCUT2D eigenvalue weighted by Crippen LogP contribution is -2.17.